The van der Waals surface area contributed by atoms with Crippen molar-refractivity contribution in [2.75, 3.05) is 26.3 Å². The second-order valence-electron chi connectivity index (χ2n) is 6.82. The summed E-state index contributed by atoms with van der Waals surface area (Å²) >= 11 is 0. The zero-order chi connectivity index (χ0) is 20.6. The summed E-state index contributed by atoms with van der Waals surface area (Å²) in [4.78, 5) is 4.68. The fourth-order valence-electron chi connectivity index (χ4n) is 2.79. The maximum atomic E-state index is 5.80. The molecule has 0 bridgehead atoms. The molecule has 2 rings (SSSR count). The molecule has 0 aromatic heterocycles. The summed E-state index contributed by atoms with van der Waals surface area (Å²) in [6, 6.07) is 18.7. The Morgan fingerprint density at radius 1 is 0.800 bits per heavy atom. The van der Waals surface area contributed by atoms with Crippen molar-refractivity contribution in [2.45, 2.75) is 46.4 Å². The summed E-state index contributed by atoms with van der Waals surface area (Å²) in [5.74, 6) is 0.860. The number of hydrogen-bond acceptors (Lipinski definition) is 3. The van der Waals surface area contributed by atoms with Crippen LogP contribution in [0.2, 0.25) is 0 Å². The molecule has 0 aliphatic rings. The van der Waals surface area contributed by atoms with E-state index in [1.807, 2.05) is 25.1 Å². The van der Waals surface area contributed by atoms with Crippen LogP contribution in [0.1, 0.15) is 43.4 Å². The van der Waals surface area contributed by atoms with E-state index in [-0.39, 0.29) is 24.0 Å². The SMILES string of the molecule is CCNC(=NCc1ccc(COCc2ccccc2)cc1)NCCCCOCC.I. The molecule has 0 spiro atoms. The van der Waals surface area contributed by atoms with Gasteiger partial charge in [-0.1, -0.05) is 54.6 Å². The summed E-state index contributed by atoms with van der Waals surface area (Å²) in [6.07, 6.45) is 2.14. The van der Waals surface area contributed by atoms with Crippen molar-refractivity contribution in [1.29, 1.82) is 0 Å². The highest BCUT2D eigenvalue weighted by Crippen LogP contribution is 2.09. The Bertz CT molecular complexity index is 693. The highest BCUT2D eigenvalue weighted by molar-refractivity contribution is 14.0. The molecule has 0 atom stereocenters. The van der Waals surface area contributed by atoms with Gasteiger partial charge in [-0.05, 0) is 43.4 Å². The number of aliphatic imine (C=N–C) groups is 1. The highest BCUT2D eigenvalue weighted by Gasteiger charge is 1.99. The van der Waals surface area contributed by atoms with Gasteiger partial charge in [0.1, 0.15) is 0 Å². The van der Waals surface area contributed by atoms with Crippen molar-refractivity contribution < 1.29 is 9.47 Å². The Hall–Kier alpha value is -1.64. The molecule has 0 fully saturated rings. The Kier molecular flexibility index (Phi) is 15.0. The van der Waals surface area contributed by atoms with E-state index in [1.165, 1.54) is 16.7 Å². The molecular formula is C24H36IN3O2. The smallest absolute Gasteiger partial charge is 0.191 e. The number of unbranched alkanes of at least 4 members (excludes halogenated alkanes) is 1. The molecule has 5 nitrogen and oxygen atoms in total. The van der Waals surface area contributed by atoms with Crippen molar-refractivity contribution in [2.24, 2.45) is 4.99 Å². The number of ether oxygens (including phenoxy) is 2. The van der Waals surface area contributed by atoms with Crippen LogP contribution in [0.15, 0.2) is 59.6 Å². The largest absolute Gasteiger partial charge is 0.382 e. The van der Waals surface area contributed by atoms with E-state index in [0.29, 0.717) is 19.8 Å². The van der Waals surface area contributed by atoms with Gasteiger partial charge >= 0.3 is 0 Å². The second kappa shape index (κ2) is 17.1. The zero-order valence-electron chi connectivity index (χ0n) is 18.2. The Morgan fingerprint density at radius 2 is 1.47 bits per heavy atom. The molecule has 2 aromatic carbocycles. The monoisotopic (exact) mass is 525 g/mol. The first-order chi connectivity index (χ1) is 14.3. The van der Waals surface area contributed by atoms with E-state index in [0.717, 1.165) is 45.1 Å². The van der Waals surface area contributed by atoms with Gasteiger partial charge in [0.2, 0.25) is 0 Å². The second-order valence-corrected chi connectivity index (χ2v) is 6.82. The van der Waals surface area contributed by atoms with Gasteiger partial charge < -0.3 is 20.1 Å². The lowest BCUT2D eigenvalue weighted by molar-refractivity contribution is 0.107. The molecule has 0 aliphatic heterocycles. The number of hydrogen-bond donors (Lipinski definition) is 2. The molecule has 30 heavy (non-hydrogen) atoms. The van der Waals surface area contributed by atoms with Crippen LogP contribution in [0.4, 0.5) is 0 Å². The fraction of sp³-hybridized carbons (Fsp3) is 0.458. The average molecular weight is 525 g/mol. The summed E-state index contributed by atoms with van der Waals surface area (Å²) in [5.41, 5.74) is 3.55. The Labute approximate surface area is 198 Å². The summed E-state index contributed by atoms with van der Waals surface area (Å²) in [5, 5.41) is 6.68. The van der Waals surface area contributed by atoms with E-state index < -0.39 is 0 Å². The Morgan fingerprint density at radius 3 is 2.13 bits per heavy atom. The van der Waals surface area contributed by atoms with Crippen LogP contribution < -0.4 is 10.6 Å². The van der Waals surface area contributed by atoms with Gasteiger partial charge in [0.25, 0.3) is 0 Å². The predicted molar refractivity (Wildman–Crippen MR) is 135 cm³/mol. The minimum absolute atomic E-state index is 0. The summed E-state index contributed by atoms with van der Waals surface area (Å²) in [7, 11) is 0. The van der Waals surface area contributed by atoms with Crippen molar-refractivity contribution in [1.82, 2.24) is 10.6 Å². The van der Waals surface area contributed by atoms with Gasteiger partial charge in [0.05, 0.1) is 19.8 Å². The van der Waals surface area contributed by atoms with Gasteiger partial charge in [-0.2, -0.15) is 0 Å². The minimum Gasteiger partial charge on any atom is -0.382 e. The molecule has 0 amide bonds. The number of halogens is 1. The number of nitrogens with one attached hydrogen (secondary N) is 2. The fourth-order valence-corrected chi connectivity index (χ4v) is 2.79. The third-order valence-electron chi connectivity index (χ3n) is 4.38. The van der Waals surface area contributed by atoms with Crippen LogP contribution >= 0.6 is 24.0 Å². The standard InChI is InChI=1S/C24H35N3O2.HI/c1-3-25-24(26-16-8-9-17-28-4-2)27-18-21-12-14-23(15-13-21)20-29-19-22-10-6-5-7-11-22;/h5-7,10-15H,3-4,8-9,16-20H2,1-2H3,(H2,25,26,27);1H. The first-order valence-corrected chi connectivity index (χ1v) is 10.6. The molecule has 166 valence electrons. The van der Waals surface area contributed by atoms with Crippen LogP contribution in [0, 0.1) is 0 Å². The van der Waals surface area contributed by atoms with Crippen molar-refractivity contribution in [3.63, 3.8) is 0 Å². The predicted octanol–water partition coefficient (Wildman–Crippen LogP) is 4.89. The topological polar surface area (TPSA) is 54.9 Å². The molecule has 0 heterocycles. The lowest BCUT2D eigenvalue weighted by atomic mass is 10.1. The molecule has 0 saturated carbocycles. The van der Waals surface area contributed by atoms with Crippen LogP contribution in [0.3, 0.4) is 0 Å². The van der Waals surface area contributed by atoms with Crippen molar-refractivity contribution in [3.05, 3.63) is 71.3 Å². The molecule has 0 saturated heterocycles. The van der Waals surface area contributed by atoms with Gasteiger partial charge in [0, 0.05) is 26.3 Å². The van der Waals surface area contributed by atoms with Crippen molar-refractivity contribution >= 4 is 29.9 Å². The van der Waals surface area contributed by atoms with Crippen molar-refractivity contribution in [3.8, 4) is 0 Å². The van der Waals surface area contributed by atoms with Crippen LogP contribution in [0.25, 0.3) is 0 Å². The zero-order valence-corrected chi connectivity index (χ0v) is 20.6. The quantitative estimate of drug-likeness (QED) is 0.169. The minimum atomic E-state index is 0. The van der Waals surface area contributed by atoms with Crippen LogP contribution in [0.5, 0.6) is 0 Å². The number of nitrogens with zero attached hydrogens (tertiary/aromatic N) is 1. The lowest BCUT2D eigenvalue weighted by Gasteiger charge is -2.11. The molecule has 2 N–H and O–H groups in total. The maximum absolute atomic E-state index is 5.80. The summed E-state index contributed by atoms with van der Waals surface area (Å²) < 4.78 is 11.2. The summed E-state index contributed by atoms with van der Waals surface area (Å²) in [6.45, 7) is 9.37. The van der Waals surface area contributed by atoms with E-state index in [1.54, 1.807) is 0 Å². The first-order valence-electron chi connectivity index (χ1n) is 10.6. The van der Waals surface area contributed by atoms with Gasteiger partial charge in [-0.15, -0.1) is 24.0 Å². The molecule has 0 unspecified atom stereocenters. The Balaban J connectivity index is 0.00000450. The van der Waals surface area contributed by atoms with E-state index in [4.69, 9.17) is 9.47 Å². The first kappa shape index (κ1) is 26.4. The normalized spacial score (nSPS) is 11.1. The van der Waals surface area contributed by atoms with Crippen LogP contribution in [-0.4, -0.2) is 32.3 Å². The number of guanidine groups is 1. The van der Waals surface area contributed by atoms with E-state index in [9.17, 15) is 0 Å². The highest BCUT2D eigenvalue weighted by atomic mass is 127. The van der Waals surface area contributed by atoms with Crippen LogP contribution in [-0.2, 0) is 29.2 Å². The molecule has 6 heteroatoms. The molecular weight excluding hydrogens is 489 g/mol. The van der Waals surface area contributed by atoms with Gasteiger partial charge in [-0.3, -0.25) is 0 Å². The van der Waals surface area contributed by atoms with E-state index >= 15 is 0 Å². The molecule has 0 aliphatic carbocycles. The average Bonchev–Trinajstić information content (AvgIpc) is 2.76. The van der Waals surface area contributed by atoms with Gasteiger partial charge in [-0.25, -0.2) is 4.99 Å². The van der Waals surface area contributed by atoms with Gasteiger partial charge in [0.15, 0.2) is 5.96 Å². The maximum Gasteiger partial charge on any atom is 0.191 e. The lowest BCUT2D eigenvalue weighted by Crippen LogP contribution is -2.37. The van der Waals surface area contributed by atoms with E-state index in [2.05, 4.69) is 58.9 Å². The molecule has 0 radical (unpaired) electrons. The molecule has 2 aromatic rings. The third-order valence-corrected chi connectivity index (χ3v) is 4.38. The third kappa shape index (κ3) is 11.5. The number of rotatable bonds is 13. The number of benzene rings is 2.